The summed E-state index contributed by atoms with van der Waals surface area (Å²) in [5.41, 5.74) is 0.715. The molecule has 11 heavy (non-hydrogen) atoms. The molecule has 60 valence electrons. The van der Waals surface area contributed by atoms with Gasteiger partial charge < -0.3 is 9.90 Å². The molecule has 1 rings (SSSR count). The van der Waals surface area contributed by atoms with Gasteiger partial charge in [0.25, 0.3) is 0 Å². The molecule has 0 spiro atoms. The fraction of sp³-hybridized carbons (Fsp3) is 0.143. The SMILES string of the molecule is C=O.Oc1cnccc1CCl. The Morgan fingerprint density at radius 3 is 2.64 bits per heavy atom. The van der Waals surface area contributed by atoms with Crippen LogP contribution < -0.4 is 0 Å². The maximum absolute atomic E-state index is 8.96. The third-order valence-electron chi connectivity index (χ3n) is 1.03. The number of rotatable bonds is 1. The number of carbonyl (C=O) groups is 1. The predicted octanol–water partition coefficient (Wildman–Crippen LogP) is 1.34. The van der Waals surface area contributed by atoms with Gasteiger partial charge in [-0.25, -0.2) is 0 Å². The Kier molecular flexibility index (Phi) is 5.11. The van der Waals surface area contributed by atoms with E-state index >= 15 is 0 Å². The van der Waals surface area contributed by atoms with Crippen LogP contribution in [0, 0.1) is 0 Å². The summed E-state index contributed by atoms with van der Waals surface area (Å²) in [6.07, 6.45) is 2.97. The molecular weight excluding hydrogens is 166 g/mol. The summed E-state index contributed by atoms with van der Waals surface area (Å²) in [7, 11) is 0. The van der Waals surface area contributed by atoms with Gasteiger partial charge in [-0.1, -0.05) is 0 Å². The van der Waals surface area contributed by atoms with Crippen LogP contribution in [-0.2, 0) is 10.7 Å². The first-order valence-corrected chi connectivity index (χ1v) is 3.34. The Bertz CT molecular complexity index is 217. The molecule has 0 unspecified atom stereocenters. The molecule has 1 aromatic rings. The molecule has 0 radical (unpaired) electrons. The summed E-state index contributed by atoms with van der Waals surface area (Å²) in [6, 6.07) is 1.68. The molecule has 0 aliphatic heterocycles. The average molecular weight is 174 g/mol. The Hall–Kier alpha value is -1.09. The maximum atomic E-state index is 8.96. The van der Waals surface area contributed by atoms with Gasteiger partial charge >= 0.3 is 0 Å². The standard InChI is InChI=1S/C6H6ClNO.CH2O/c7-3-5-1-2-8-4-6(5)9;1-2/h1-2,4,9H,3H2;1H2. The van der Waals surface area contributed by atoms with Gasteiger partial charge in [-0.15, -0.1) is 11.6 Å². The normalized spacial score (nSPS) is 8.09. The first-order valence-electron chi connectivity index (χ1n) is 2.81. The van der Waals surface area contributed by atoms with Crippen molar-refractivity contribution in [1.82, 2.24) is 4.98 Å². The second-order valence-corrected chi connectivity index (χ2v) is 1.91. The van der Waals surface area contributed by atoms with Crippen LogP contribution in [-0.4, -0.2) is 16.9 Å². The lowest BCUT2D eigenvalue weighted by Crippen LogP contribution is -1.78. The van der Waals surface area contributed by atoms with Crippen LogP contribution in [0.1, 0.15) is 5.56 Å². The van der Waals surface area contributed by atoms with E-state index in [0.717, 1.165) is 0 Å². The highest BCUT2D eigenvalue weighted by Crippen LogP contribution is 2.15. The molecule has 0 fully saturated rings. The Morgan fingerprint density at radius 2 is 2.27 bits per heavy atom. The lowest BCUT2D eigenvalue weighted by atomic mass is 10.3. The molecule has 0 aliphatic carbocycles. The van der Waals surface area contributed by atoms with Crippen molar-refractivity contribution in [3.8, 4) is 5.75 Å². The molecule has 1 N–H and O–H groups in total. The van der Waals surface area contributed by atoms with E-state index in [2.05, 4.69) is 4.98 Å². The second kappa shape index (κ2) is 5.68. The molecule has 0 saturated carbocycles. The van der Waals surface area contributed by atoms with Gasteiger partial charge in [-0.3, -0.25) is 4.98 Å². The monoisotopic (exact) mass is 173 g/mol. The average Bonchev–Trinajstić information content (AvgIpc) is 2.09. The summed E-state index contributed by atoms with van der Waals surface area (Å²) in [4.78, 5) is 11.7. The number of carbonyl (C=O) groups excluding carboxylic acids is 1. The lowest BCUT2D eigenvalue weighted by molar-refractivity contribution is -0.0979. The van der Waals surface area contributed by atoms with Gasteiger partial charge in [0.05, 0.1) is 12.1 Å². The number of halogens is 1. The Labute approximate surface area is 69.6 Å². The minimum Gasteiger partial charge on any atom is -0.506 e. The smallest absolute Gasteiger partial charge is 0.138 e. The van der Waals surface area contributed by atoms with Gasteiger partial charge in [0, 0.05) is 11.8 Å². The van der Waals surface area contributed by atoms with Crippen molar-refractivity contribution in [1.29, 1.82) is 0 Å². The van der Waals surface area contributed by atoms with Crippen molar-refractivity contribution in [2.45, 2.75) is 5.88 Å². The van der Waals surface area contributed by atoms with Crippen LogP contribution in [0.25, 0.3) is 0 Å². The van der Waals surface area contributed by atoms with Gasteiger partial charge in [-0.2, -0.15) is 0 Å². The molecule has 0 saturated heterocycles. The minimum absolute atomic E-state index is 0.160. The summed E-state index contributed by atoms with van der Waals surface area (Å²) in [5, 5.41) is 8.96. The highest BCUT2D eigenvalue weighted by molar-refractivity contribution is 6.17. The molecule has 3 nitrogen and oxygen atoms in total. The second-order valence-electron chi connectivity index (χ2n) is 1.64. The molecule has 0 amide bonds. The van der Waals surface area contributed by atoms with Crippen molar-refractivity contribution >= 4 is 18.4 Å². The van der Waals surface area contributed by atoms with Crippen molar-refractivity contribution < 1.29 is 9.90 Å². The highest BCUT2D eigenvalue weighted by Gasteiger charge is 1.94. The van der Waals surface area contributed by atoms with Crippen molar-refractivity contribution in [3.05, 3.63) is 24.0 Å². The van der Waals surface area contributed by atoms with Crippen LogP contribution in [0.4, 0.5) is 0 Å². The summed E-state index contributed by atoms with van der Waals surface area (Å²) >= 11 is 5.44. The summed E-state index contributed by atoms with van der Waals surface area (Å²) in [5.74, 6) is 0.487. The quantitative estimate of drug-likeness (QED) is 0.652. The third-order valence-corrected chi connectivity index (χ3v) is 1.32. The molecule has 4 heteroatoms. The van der Waals surface area contributed by atoms with Gasteiger partial charge in [0.15, 0.2) is 0 Å². The van der Waals surface area contributed by atoms with E-state index in [4.69, 9.17) is 21.5 Å². The van der Waals surface area contributed by atoms with Crippen molar-refractivity contribution in [3.63, 3.8) is 0 Å². The van der Waals surface area contributed by atoms with E-state index in [1.807, 2.05) is 6.79 Å². The topological polar surface area (TPSA) is 50.2 Å². The largest absolute Gasteiger partial charge is 0.506 e. The van der Waals surface area contributed by atoms with Crippen molar-refractivity contribution in [2.24, 2.45) is 0 Å². The van der Waals surface area contributed by atoms with E-state index in [9.17, 15) is 0 Å². The zero-order valence-corrected chi connectivity index (χ0v) is 6.58. The van der Waals surface area contributed by atoms with Gasteiger partial charge in [-0.05, 0) is 6.07 Å². The number of alkyl halides is 1. The number of hydrogen-bond acceptors (Lipinski definition) is 3. The number of aromatic hydroxyl groups is 1. The van der Waals surface area contributed by atoms with E-state index in [-0.39, 0.29) is 5.75 Å². The first-order chi connectivity index (χ1) is 5.34. The molecule has 0 aliphatic rings. The molecule has 0 atom stereocenters. The summed E-state index contributed by atoms with van der Waals surface area (Å²) in [6.45, 7) is 2.00. The van der Waals surface area contributed by atoms with Crippen LogP contribution in [0.15, 0.2) is 18.5 Å². The fourth-order valence-corrected chi connectivity index (χ4v) is 0.754. The van der Waals surface area contributed by atoms with E-state index in [1.54, 1.807) is 12.3 Å². The Morgan fingerprint density at radius 1 is 1.64 bits per heavy atom. The van der Waals surface area contributed by atoms with Crippen LogP contribution >= 0.6 is 11.6 Å². The number of pyridine rings is 1. The van der Waals surface area contributed by atoms with Crippen LogP contribution in [0.3, 0.4) is 0 Å². The van der Waals surface area contributed by atoms with E-state index in [1.165, 1.54) is 6.20 Å². The number of hydrogen-bond donors (Lipinski definition) is 1. The predicted molar refractivity (Wildman–Crippen MR) is 42.6 cm³/mol. The van der Waals surface area contributed by atoms with E-state index < -0.39 is 0 Å². The van der Waals surface area contributed by atoms with E-state index in [0.29, 0.717) is 11.4 Å². The zero-order chi connectivity index (χ0) is 8.69. The zero-order valence-electron chi connectivity index (χ0n) is 5.83. The number of nitrogens with zero attached hydrogens (tertiary/aromatic N) is 1. The Balaban J connectivity index is 0.000000461. The van der Waals surface area contributed by atoms with Crippen LogP contribution in [0.2, 0.25) is 0 Å². The molecule has 1 aromatic heterocycles. The van der Waals surface area contributed by atoms with Gasteiger partial charge in [0.2, 0.25) is 0 Å². The fourth-order valence-electron chi connectivity index (χ4n) is 0.528. The minimum atomic E-state index is 0.160. The van der Waals surface area contributed by atoms with Gasteiger partial charge in [0.1, 0.15) is 12.5 Å². The summed E-state index contributed by atoms with van der Waals surface area (Å²) < 4.78 is 0. The third kappa shape index (κ3) is 3.00. The van der Waals surface area contributed by atoms with Crippen molar-refractivity contribution in [2.75, 3.05) is 0 Å². The maximum Gasteiger partial charge on any atom is 0.138 e. The highest BCUT2D eigenvalue weighted by atomic mass is 35.5. The molecule has 0 aromatic carbocycles. The molecule has 0 bridgehead atoms. The lowest BCUT2D eigenvalue weighted by Gasteiger charge is -1.95. The molecule has 1 heterocycles. The van der Waals surface area contributed by atoms with Crippen LogP contribution in [0.5, 0.6) is 5.75 Å². The number of aromatic nitrogens is 1. The first kappa shape index (κ1) is 9.91. The molecular formula is C7H8ClNO2.